The van der Waals surface area contributed by atoms with Crippen molar-refractivity contribution in [3.63, 3.8) is 0 Å². The van der Waals surface area contributed by atoms with Gasteiger partial charge in [-0.25, -0.2) is 0 Å². The first kappa shape index (κ1) is 7.95. The lowest BCUT2D eigenvalue weighted by Gasteiger charge is -2.27. The van der Waals surface area contributed by atoms with Crippen LogP contribution in [0, 0.1) is 0 Å². The van der Waals surface area contributed by atoms with Crippen molar-refractivity contribution in [1.82, 2.24) is 0 Å². The summed E-state index contributed by atoms with van der Waals surface area (Å²) in [6.07, 6.45) is 5.11. The molecule has 0 aliphatic heterocycles. The molecule has 0 aromatic rings. The van der Waals surface area contributed by atoms with Gasteiger partial charge in [-0.15, -0.1) is 6.58 Å². The van der Waals surface area contributed by atoms with Gasteiger partial charge in [0, 0.05) is 0 Å². The fourth-order valence-corrected chi connectivity index (χ4v) is 2.17. The van der Waals surface area contributed by atoms with Crippen LogP contribution in [0.4, 0.5) is 0 Å². The molecule has 0 aromatic heterocycles. The van der Waals surface area contributed by atoms with Gasteiger partial charge in [0.15, 0.2) is 0 Å². The maximum atomic E-state index is 10.7. The Morgan fingerprint density at radius 2 is 2.00 bits per heavy atom. The molecule has 0 spiro atoms. The van der Waals surface area contributed by atoms with E-state index in [0.717, 1.165) is 25.7 Å². The lowest BCUT2D eigenvalue weighted by molar-refractivity contribution is 0.501. The summed E-state index contributed by atoms with van der Waals surface area (Å²) in [4.78, 5) is 0. The second-order valence-corrected chi connectivity index (χ2v) is 3.99. The van der Waals surface area contributed by atoms with E-state index in [1.54, 1.807) is 6.08 Å². The first-order valence-electron chi connectivity index (χ1n) is 3.44. The van der Waals surface area contributed by atoms with Gasteiger partial charge in [-0.1, -0.05) is 18.9 Å². The summed E-state index contributed by atoms with van der Waals surface area (Å²) in [6.45, 7) is 3.54. The molecule has 58 valence electrons. The van der Waals surface area contributed by atoms with Gasteiger partial charge in [0.1, 0.15) is 0 Å². The molecule has 1 unspecified atom stereocenters. The zero-order chi connectivity index (χ0) is 7.61. The van der Waals surface area contributed by atoms with Gasteiger partial charge in [-0.3, -0.25) is 4.21 Å². The topological polar surface area (TPSA) is 40.1 Å². The van der Waals surface area contributed by atoms with Crippen molar-refractivity contribution < 1.29 is 8.76 Å². The molecule has 0 aromatic carbocycles. The van der Waals surface area contributed by atoms with Crippen molar-refractivity contribution in [1.29, 1.82) is 0 Å². The minimum atomic E-state index is -1.97. The van der Waals surface area contributed by atoms with E-state index in [1.807, 2.05) is 0 Å². The summed E-state index contributed by atoms with van der Waals surface area (Å²) in [6, 6.07) is 0. The SMILES string of the molecule is C=CC1(S(=O)[O-])CCCC1. The van der Waals surface area contributed by atoms with Gasteiger partial charge < -0.3 is 4.55 Å². The van der Waals surface area contributed by atoms with Gasteiger partial charge in [-0.05, 0) is 23.9 Å². The van der Waals surface area contributed by atoms with Crippen molar-refractivity contribution in [3.05, 3.63) is 12.7 Å². The molecule has 0 heterocycles. The van der Waals surface area contributed by atoms with Gasteiger partial charge >= 0.3 is 0 Å². The van der Waals surface area contributed by atoms with Crippen LogP contribution in [0.15, 0.2) is 12.7 Å². The molecule has 1 aliphatic rings. The summed E-state index contributed by atoms with van der Waals surface area (Å²) in [5.41, 5.74) is 0. The van der Waals surface area contributed by atoms with Crippen LogP contribution in [0.3, 0.4) is 0 Å². The highest BCUT2D eigenvalue weighted by atomic mass is 32.2. The van der Waals surface area contributed by atoms with Crippen molar-refractivity contribution >= 4 is 11.1 Å². The van der Waals surface area contributed by atoms with Crippen LogP contribution < -0.4 is 0 Å². The fraction of sp³-hybridized carbons (Fsp3) is 0.714. The van der Waals surface area contributed by atoms with Gasteiger partial charge in [-0.2, -0.15) is 0 Å². The average molecular weight is 159 g/mol. The maximum Gasteiger partial charge on any atom is 0.0503 e. The van der Waals surface area contributed by atoms with E-state index >= 15 is 0 Å². The molecule has 0 saturated heterocycles. The van der Waals surface area contributed by atoms with Crippen LogP contribution in [-0.2, 0) is 11.1 Å². The van der Waals surface area contributed by atoms with Gasteiger partial charge in [0.2, 0.25) is 0 Å². The normalized spacial score (nSPS) is 26.1. The van der Waals surface area contributed by atoms with Crippen LogP contribution in [0.25, 0.3) is 0 Å². The lowest BCUT2D eigenvalue weighted by Crippen LogP contribution is -2.27. The van der Waals surface area contributed by atoms with E-state index in [-0.39, 0.29) is 0 Å². The Hall–Kier alpha value is -0.150. The van der Waals surface area contributed by atoms with E-state index in [0.29, 0.717) is 0 Å². The van der Waals surface area contributed by atoms with E-state index in [2.05, 4.69) is 6.58 Å². The molecule has 1 rings (SSSR count). The summed E-state index contributed by atoms with van der Waals surface area (Å²) < 4.78 is 20.8. The van der Waals surface area contributed by atoms with Crippen molar-refractivity contribution in [3.8, 4) is 0 Å². The van der Waals surface area contributed by atoms with Crippen molar-refractivity contribution in [2.75, 3.05) is 0 Å². The molecule has 0 amide bonds. The Morgan fingerprint density at radius 1 is 1.50 bits per heavy atom. The molecule has 0 N–H and O–H groups in total. The summed E-state index contributed by atoms with van der Waals surface area (Å²) >= 11 is -1.97. The second kappa shape index (κ2) is 2.84. The summed E-state index contributed by atoms with van der Waals surface area (Å²) in [5.74, 6) is 0. The third-order valence-electron chi connectivity index (χ3n) is 2.15. The first-order valence-corrected chi connectivity index (χ1v) is 4.52. The first-order chi connectivity index (χ1) is 4.71. The zero-order valence-electron chi connectivity index (χ0n) is 5.84. The molecule has 10 heavy (non-hydrogen) atoms. The Labute approximate surface area is 63.6 Å². The quantitative estimate of drug-likeness (QED) is 0.451. The Bertz CT molecular complexity index is 159. The standard InChI is InChI=1S/C7H12O2S/c1-2-7(10(8)9)5-3-4-6-7/h2H,1,3-6H2,(H,8,9)/p-1. The lowest BCUT2D eigenvalue weighted by atomic mass is 10.1. The minimum absolute atomic E-state index is 0.583. The smallest absolute Gasteiger partial charge is 0.0503 e. The molecule has 2 nitrogen and oxygen atoms in total. The third-order valence-corrected chi connectivity index (χ3v) is 3.39. The molecule has 0 radical (unpaired) electrons. The Kier molecular flexibility index (Phi) is 2.26. The van der Waals surface area contributed by atoms with E-state index in [4.69, 9.17) is 0 Å². The van der Waals surface area contributed by atoms with Crippen molar-refractivity contribution in [2.45, 2.75) is 30.4 Å². The summed E-state index contributed by atoms with van der Waals surface area (Å²) in [7, 11) is 0. The Morgan fingerprint density at radius 3 is 2.20 bits per heavy atom. The highest BCUT2D eigenvalue weighted by molar-refractivity contribution is 7.80. The molecule has 3 heteroatoms. The highest BCUT2D eigenvalue weighted by Crippen LogP contribution is 2.34. The minimum Gasteiger partial charge on any atom is -0.772 e. The van der Waals surface area contributed by atoms with Crippen LogP contribution in [0.2, 0.25) is 0 Å². The molecule has 1 fully saturated rings. The van der Waals surface area contributed by atoms with Crippen molar-refractivity contribution in [2.24, 2.45) is 0 Å². The molecule has 1 atom stereocenters. The van der Waals surface area contributed by atoms with Crippen LogP contribution in [0.1, 0.15) is 25.7 Å². The molecular weight excluding hydrogens is 148 g/mol. The number of rotatable bonds is 2. The molecule has 1 saturated carbocycles. The molecule has 0 bridgehead atoms. The van der Waals surface area contributed by atoms with E-state index in [9.17, 15) is 8.76 Å². The predicted octanol–water partition coefficient (Wildman–Crippen LogP) is 1.36. The predicted molar refractivity (Wildman–Crippen MR) is 40.3 cm³/mol. The second-order valence-electron chi connectivity index (χ2n) is 2.71. The van der Waals surface area contributed by atoms with Gasteiger partial charge in [0.05, 0.1) is 4.75 Å². The average Bonchev–Trinajstić information content (AvgIpc) is 2.35. The molecule has 1 aliphatic carbocycles. The van der Waals surface area contributed by atoms with Crippen LogP contribution in [-0.4, -0.2) is 13.5 Å². The Balaban J connectivity index is 2.76. The van der Waals surface area contributed by atoms with Crippen LogP contribution in [0.5, 0.6) is 0 Å². The summed E-state index contributed by atoms with van der Waals surface area (Å²) in [5, 5.41) is 0. The largest absolute Gasteiger partial charge is 0.772 e. The third kappa shape index (κ3) is 1.16. The maximum absolute atomic E-state index is 10.7. The monoisotopic (exact) mass is 159 g/mol. The van der Waals surface area contributed by atoms with E-state index < -0.39 is 15.8 Å². The molecular formula is C7H11O2S-. The van der Waals surface area contributed by atoms with Crippen LogP contribution >= 0.6 is 0 Å². The van der Waals surface area contributed by atoms with E-state index in [1.165, 1.54) is 0 Å². The van der Waals surface area contributed by atoms with Gasteiger partial charge in [0.25, 0.3) is 0 Å². The zero-order valence-corrected chi connectivity index (χ0v) is 6.65. The number of hydrogen-bond donors (Lipinski definition) is 0. The number of hydrogen-bond acceptors (Lipinski definition) is 2. The highest BCUT2D eigenvalue weighted by Gasteiger charge is 2.31. The fourth-order valence-electron chi connectivity index (χ4n) is 1.41.